The summed E-state index contributed by atoms with van der Waals surface area (Å²) in [5.74, 6) is -0.166. The van der Waals surface area contributed by atoms with E-state index in [4.69, 9.17) is 0 Å². The monoisotopic (exact) mass is 337 g/mol. The lowest BCUT2D eigenvalue weighted by atomic mass is 9.99. The van der Waals surface area contributed by atoms with Gasteiger partial charge in [-0.3, -0.25) is 4.79 Å². The van der Waals surface area contributed by atoms with Crippen molar-refractivity contribution in [2.45, 2.75) is 52.5 Å². The van der Waals surface area contributed by atoms with Crippen LogP contribution in [0.3, 0.4) is 0 Å². The van der Waals surface area contributed by atoms with Crippen LogP contribution >= 0.6 is 0 Å². The SMILES string of the molecule is CCC1CCCCN1c1ccc(C(=O)Nc2ccc(C)c(C)c2)nc1. The topological polar surface area (TPSA) is 45.2 Å². The van der Waals surface area contributed by atoms with Gasteiger partial charge in [-0.05, 0) is 74.9 Å². The van der Waals surface area contributed by atoms with Crippen LogP contribution in [0.1, 0.15) is 54.2 Å². The minimum absolute atomic E-state index is 0.166. The zero-order valence-electron chi connectivity index (χ0n) is 15.4. The van der Waals surface area contributed by atoms with Gasteiger partial charge in [0.25, 0.3) is 5.91 Å². The maximum atomic E-state index is 12.4. The van der Waals surface area contributed by atoms with E-state index in [1.807, 2.05) is 43.5 Å². The highest BCUT2D eigenvalue weighted by molar-refractivity contribution is 6.03. The fourth-order valence-corrected chi connectivity index (χ4v) is 3.47. The highest BCUT2D eigenvalue weighted by Crippen LogP contribution is 2.26. The molecule has 2 aromatic rings. The number of amides is 1. The molecule has 4 heteroatoms. The molecule has 0 spiro atoms. The number of carbonyl (C=O) groups is 1. The molecule has 3 rings (SSSR count). The Kier molecular flexibility index (Phi) is 5.37. The first-order valence-electron chi connectivity index (χ1n) is 9.19. The summed E-state index contributed by atoms with van der Waals surface area (Å²) < 4.78 is 0. The first kappa shape index (κ1) is 17.5. The molecule has 132 valence electrons. The van der Waals surface area contributed by atoms with E-state index in [0.29, 0.717) is 11.7 Å². The molecule has 1 N–H and O–H groups in total. The third-order valence-electron chi connectivity index (χ3n) is 5.18. The van der Waals surface area contributed by atoms with Crippen molar-refractivity contribution in [1.29, 1.82) is 0 Å². The standard InChI is InChI=1S/C21H27N3O/c1-4-18-7-5-6-12-24(18)19-10-11-20(22-14-19)21(25)23-17-9-8-15(2)16(3)13-17/h8-11,13-14,18H,4-7,12H2,1-3H3,(H,23,25). The van der Waals surface area contributed by atoms with Gasteiger partial charge in [-0.1, -0.05) is 13.0 Å². The highest BCUT2D eigenvalue weighted by atomic mass is 16.1. The number of hydrogen-bond acceptors (Lipinski definition) is 3. The van der Waals surface area contributed by atoms with E-state index in [2.05, 4.69) is 29.0 Å². The number of piperidine rings is 1. The molecule has 1 atom stereocenters. The molecule has 4 nitrogen and oxygen atoms in total. The maximum absolute atomic E-state index is 12.4. The van der Waals surface area contributed by atoms with Gasteiger partial charge in [-0.2, -0.15) is 0 Å². The van der Waals surface area contributed by atoms with Crippen molar-refractivity contribution in [3.05, 3.63) is 53.3 Å². The Morgan fingerprint density at radius 1 is 1.20 bits per heavy atom. The van der Waals surface area contributed by atoms with Crippen molar-refractivity contribution < 1.29 is 4.79 Å². The Balaban J connectivity index is 1.70. The van der Waals surface area contributed by atoms with Crippen LogP contribution in [0.5, 0.6) is 0 Å². The van der Waals surface area contributed by atoms with Crippen molar-refractivity contribution in [3.63, 3.8) is 0 Å². The summed E-state index contributed by atoms with van der Waals surface area (Å²) in [6, 6.07) is 10.4. The minimum Gasteiger partial charge on any atom is -0.367 e. The van der Waals surface area contributed by atoms with Gasteiger partial charge in [0.15, 0.2) is 0 Å². The van der Waals surface area contributed by atoms with Crippen LogP contribution in [-0.2, 0) is 0 Å². The number of nitrogens with one attached hydrogen (secondary N) is 1. The summed E-state index contributed by atoms with van der Waals surface area (Å²) in [6.07, 6.45) is 6.76. The molecule has 25 heavy (non-hydrogen) atoms. The lowest BCUT2D eigenvalue weighted by Gasteiger charge is -2.37. The quantitative estimate of drug-likeness (QED) is 0.878. The van der Waals surface area contributed by atoms with Crippen molar-refractivity contribution in [3.8, 4) is 0 Å². The number of carbonyl (C=O) groups excluding carboxylic acids is 1. The van der Waals surface area contributed by atoms with Gasteiger partial charge in [0, 0.05) is 18.3 Å². The van der Waals surface area contributed by atoms with Crippen LogP contribution in [0.15, 0.2) is 36.5 Å². The van der Waals surface area contributed by atoms with E-state index in [1.165, 1.54) is 24.8 Å². The first-order chi connectivity index (χ1) is 12.1. The average Bonchev–Trinajstić information content (AvgIpc) is 2.65. The van der Waals surface area contributed by atoms with E-state index >= 15 is 0 Å². The Morgan fingerprint density at radius 3 is 2.72 bits per heavy atom. The summed E-state index contributed by atoms with van der Waals surface area (Å²) in [7, 11) is 0. The fourth-order valence-electron chi connectivity index (χ4n) is 3.47. The average molecular weight is 337 g/mol. The smallest absolute Gasteiger partial charge is 0.274 e. The van der Waals surface area contributed by atoms with Crippen LogP contribution in [0.2, 0.25) is 0 Å². The Morgan fingerprint density at radius 2 is 2.04 bits per heavy atom. The largest absolute Gasteiger partial charge is 0.367 e. The summed E-state index contributed by atoms with van der Waals surface area (Å²) in [5, 5.41) is 2.93. The molecule has 1 saturated heterocycles. The van der Waals surface area contributed by atoms with Gasteiger partial charge < -0.3 is 10.2 Å². The Hall–Kier alpha value is -2.36. The van der Waals surface area contributed by atoms with Gasteiger partial charge in [-0.15, -0.1) is 0 Å². The predicted molar refractivity (Wildman–Crippen MR) is 103 cm³/mol. The van der Waals surface area contributed by atoms with Crippen LogP contribution in [0.25, 0.3) is 0 Å². The lowest BCUT2D eigenvalue weighted by molar-refractivity contribution is 0.102. The number of aryl methyl sites for hydroxylation is 2. The molecule has 1 aliphatic heterocycles. The number of aromatic nitrogens is 1. The molecule has 1 aromatic heterocycles. The molecular formula is C21H27N3O. The molecule has 0 aliphatic carbocycles. The second kappa shape index (κ2) is 7.68. The van der Waals surface area contributed by atoms with E-state index in [0.717, 1.165) is 29.9 Å². The molecule has 0 saturated carbocycles. The zero-order valence-corrected chi connectivity index (χ0v) is 15.4. The summed E-state index contributed by atoms with van der Waals surface area (Å²) in [4.78, 5) is 19.3. The number of anilines is 2. The van der Waals surface area contributed by atoms with E-state index in [1.54, 1.807) is 0 Å². The zero-order chi connectivity index (χ0) is 17.8. The van der Waals surface area contributed by atoms with Crippen LogP contribution in [-0.4, -0.2) is 23.5 Å². The van der Waals surface area contributed by atoms with E-state index in [9.17, 15) is 4.79 Å². The molecule has 0 bridgehead atoms. The highest BCUT2D eigenvalue weighted by Gasteiger charge is 2.21. The number of nitrogens with zero attached hydrogens (tertiary/aromatic N) is 2. The number of rotatable bonds is 4. The summed E-state index contributed by atoms with van der Waals surface area (Å²) in [5.41, 5.74) is 4.76. The molecule has 2 heterocycles. The van der Waals surface area contributed by atoms with Crippen LogP contribution in [0.4, 0.5) is 11.4 Å². The number of hydrogen-bond donors (Lipinski definition) is 1. The number of benzene rings is 1. The van der Waals surface area contributed by atoms with Gasteiger partial charge in [-0.25, -0.2) is 4.98 Å². The third-order valence-corrected chi connectivity index (χ3v) is 5.18. The molecule has 1 aromatic carbocycles. The van der Waals surface area contributed by atoms with Gasteiger partial charge in [0.05, 0.1) is 11.9 Å². The summed E-state index contributed by atoms with van der Waals surface area (Å²) >= 11 is 0. The third kappa shape index (κ3) is 4.01. The molecule has 1 unspecified atom stereocenters. The van der Waals surface area contributed by atoms with Crippen LogP contribution in [0, 0.1) is 13.8 Å². The Labute approximate surface area is 150 Å². The van der Waals surface area contributed by atoms with Crippen molar-refractivity contribution in [1.82, 2.24) is 4.98 Å². The number of pyridine rings is 1. The molecule has 1 aliphatic rings. The van der Waals surface area contributed by atoms with Crippen LogP contribution < -0.4 is 10.2 Å². The maximum Gasteiger partial charge on any atom is 0.274 e. The molecular weight excluding hydrogens is 310 g/mol. The van der Waals surface area contributed by atoms with Gasteiger partial charge in [0.2, 0.25) is 0 Å². The van der Waals surface area contributed by atoms with Gasteiger partial charge >= 0.3 is 0 Å². The van der Waals surface area contributed by atoms with Crippen molar-refractivity contribution in [2.75, 3.05) is 16.8 Å². The molecule has 1 amide bonds. The predicted octanol–water partition coefficient (Wildman–Crippen LogP) is 4.72. The summed E-state index contributed by atoms with van der Waals surface area (Å²) in [6.45, 7) is 7.42. The Bertz CT molecular complexity index is 739. The molecule has 1 fully saturated rings. The lowest BCUT2D eigenvalue weighted by Crippen LogP contribution is -2.39. The van der Waals surface area contributed by atoms with Crippen molar-refractivity contribution >= 4 is 17.3 Å². The van der Waals surface area contributed by atoms with E-state index < -0.39 is 0 Å². The first-order valence-corrected chi connectivity index (χ1v) is 9.19. The fraction of sp³-hybridized carbons (Fsp3) is 0.429. The second-order valence-electron chi connectivity index (χ2n) is 6.91. The van der Waals surface area contributed by atoms with Gasteiger partial charge in [0.1, 0.15) is 5.69 Å². The van der Waals surface area contributed by atoms with Crippen molar-refractivity contribution in [2.24, 2.45) is 0 Å². The second-order valence-corrected chi connectivity index (χ2v) is 6.91. The minimum atomic E-state index is -0.166. The molecule has 0 radical (unpaired) electrons. The van der Waals surface area contributed by atoms with E-state index in [-0.39, 0.29) is 5.91 Å². The normalized spacial score (nSPS) is 17.4.